The molecule has 0 saturated carbocycles. The van der Waals surface area contributed by atoms with Gasteiger partial charge in [0.15, 0.2) is 12.1 Å². The first kappa shape index (κ1) is 20.5. The molecule has 0 saturated heterocycles. The number of carbonyl (C=O) groups excluding carboxylic acids is 1. The molecule has 0 fully saturated rings. The lowest BCUT2D eigenvalue weighted by Crippen LogP contribution is -2.31. The van der Waals surface area contributed by atoms with E-state index < -0.39 is 28.8 Å². The van der Waals surface area contributed by atoms with Crippen LogP contribution in [0.2, 0.25) is 5.02 Å². The van der Waals surface area contributed by atoms with Crippen molar-refractivity contribution in [2.45, 2.75) is 31.9 Å². The third-order valence-corrected chi connectivity index (χ3v) is 4.20. The first-order valence-corrected chi connectivity index (χ1v) is 8.13. The molecule has 1 unspecified atom stereocenters. The Morgan fingerprint density at radius 1 is 1.42 bits per heavy atom. The molecule has 0 radical (unpaired) electrons. The molecule has 0 bridgehead atoms. The number of halogens is 5. The maximum atomic E-state index is 14.3. The molecule has 11 heteroatoms. The van der Waals surface area contributed by atoms with Crippen LogP contribution >= 0.6 is 23.2 Å². The fourth-order valence-corrected chi connectivity index (χ4v) is 2.83. The van der Waals surface area contributed by atoms with Gasteiger partial charge in [-0.15, -0.1) is 5.10 Å². The Morgan fingerprint density at radius 2 is 2.08 bits per heavy atom. The van der Waals surface area contributed by atoms with Crippen molar-refractivity contribution in [1.82, 2.24) is 14.3 Å². The zero-order valence-electron chi connectivity index (χ0n) is 13.7. The summed E-state index contributed by atoms with van der Waals surface area (Å²) in [6.07, 6.45) is 0.126. The van der Waals surface area contributed by atoms with E-state index in [0.29, 0.717) is 11.0 Å². The van der Waals surface area contributed by atoms with Gasteiger partial charge in [0.1, 0.15) is 11.5 Å². The van der Waals surface area contributed by atoms with Crippen LogP contribution in [0.4, 0.5) is 13.2 Å². The molecule has 0 amide bonds. The minimum atomic E-state index is -3.13. The Balaban J connectivity index is 2.58. The Kier molecular flexibility index (Phi) is 6.15. The van der Waals surface area contributed by atoms with Crippen LogP contribution in [0.5, 0.6) is 0 Å². The SMILES string of the molecule is CCOC(Cl)(C=O)Cc1cc(-n2nc(C)n(C(F)F)c2=O)c(F)cc1Cl. The van der Waals surface area contributed by atoms with Crippen LogP contribution in [0.25, 0.3) is 5.69 Å². The third-order valence-electron chi connectivity index (χ3n) is 3.51. The highest BCUT2D eigenvalue weighted by atomic mass is 35.5. The Bertz CT molecular complexity index is 885. The molecule has 1 atom stereocenters. The molecule has 0 N–H and O–H groups in total. The molecular formula is C15H14Cl2F3N3O3. The van der Waals surface area contributed by atoms with E-state index in [1.54, 1.807) is 6.92 Å². The monoisotopic (exact) mass is 411 g/mol. The number of nitrogens with zero attached hydrogens (tertiary/aromatic N) is 3. The van der Waals surface area contributed by atoms with Crippen LogP contribution < -0.4 is 5.69 Å². The number of rotatable bonds is 7. The fourth-order valence-electron chi connectivity index (χ4n) is 2.36. The van der Waals surface area contributed by atoms with Gasteiger partial charge in [-0.1, -0.05) is 23.2 Å². The fraction of sp³-hybridized carbons (Fsp3) is 0.400. The lowest BCUT2D eigenvalue weighted by Gasteiger charge is -2.21. The highest BCUT2D eigenvalue weighted by Crippen LogP contribution is 2.29. The number of carbonyl (C=O) groups is 1. The van der Waals surface area contributed by atoms with Crippen LogP contribution in [-0.2, 0) is 16.0 Å². The van der Waals surface area contributed by atoms with Crippen LogP contribution in [0.15, 0.2) is 16.9 Å². The zero-order chi connectivity index (χ0) is 19.6. The topological polar surface area (TPSA) is 66.1 Å². The maximum absolute atomic E-state index is 14.3. The van der Waals surface area contributed by atoms with E-state index in [2.05, 4.69) is 5.10 Å². The minimum Gasteiger partial charge on any atom is -0.353 e. The van der Waals surface area contributed by atoms with Crippen molar-refractivity contribution in [2.24, 2.45) is 0 Å². The molecule has 1 aromatic carbocycles. The summed E-state index contributed by atoms with van der Waals surface area (Å²) in [6.45, 7) is -0.192. The van der Waals surface area contributed by atoms with Gasteiger partial charge in [-0.2, -0.15) is 13.5 Å². The van der Waals surface area contributed by atoms with E-state index in [0.717, 1.165) is 12.1 Å². The first-order chi connectivity index (χ1) is 12.1. The highest BCUT2D eigenvalue weighted by Gasteiger charge is 2.30. The van der Waals surface area contributed by atoms with Crippen molar-refractivity contribution in [3.63, 3.8) is 0 Å². The number of aromatic nitrogens is 3. The zero-order valence-corrected chi connectivity index (χ0v) is 15.2. The third kappa shape index (κ3) is 3.94. The van der Waals surface area contributed by atoms with Gasteiger partial charge in [-0.3, -0.25) is 4.79 Å². The molecular weight excluding hydrogens is 398 g/mol. The summed E-state index contributed by atoms with van der Waals surface area (Å²) in [6, 6.07) is 1.99. The molecule has 142 valence electrons. The molecule has 1 aromatic heterocycles. The second kappa shape index (κ2) is 7.81. The lowest BCUT2D eigenvalue weighted by molar-refractivity contribution is -0.121. The molecule has 0 aliphatic rings. The average molecular weight is 412 g/mol. The summed E-state index contributed by atoms with van der Waals surface area (Å²) in [5.41, 5.74) is -1.45. The van der Waals surface area contributed by atoms with Gasteiger partial charge in [0.2, 0.25) is 5.06 Å². The molecule has 6 nitrogen and oxygen atoms in total. The predicted octanol–water partition coefficient (Wildman–Crippen LogP) is 3.24. The predicted molar refractivity (Wildman–Crippen MR) is 88.8 cm³/mol. The van der Waals surface area contributed by atoms with Crippen LogP contribution in [0.3, 0.4) is 0 Å². The van der Waals surface area contributed by atoms with Crippen molar-refractivity contribution < 1.29 is 22.7 Å². The number of alkyl halides is 3. The summed E-state index contributed by atoms with van der Waals surface area (Å²) in [7, 11) is 0. The van der Waals surface area contributed by atoms with E-state index in [9.17, 15) is 22.8 Å². The molecule has 1 heterocycles. The van der Waals surface area contributed by atoms with Gasteiger partial charge in [-0.05, 0) is 31.5 Å². The quantitative estimate of drug-likeness (QED) is 0.518. The molecule has 0 spiro atoms. The van der Waals surface area contributed by atoms with Crippen LogP contribution in [0, 0.1) is 12.7 Å². The van der Waals surface area contributed by atoms with Crippen LogP contribution in [0.1, 0.15) is 24.9 Å². The first-order valence-electron chi connectivity index (χ1n) is 7.37. The summed E-state index contributed by atoms with van der Waals surface area (Å²) in [4.78, 5) is 23.3. The second-order valence-corrected chi connectivity index (χ2v) is 6.35. The smallest absolute Gasteiger partial charge is 0.353 e. The van der Waals surface area contributed by atoms with Gasteiger partial charge in [-0.25, -0.2) is 13.8 Å². The van der Waals surface area contributed by atoms with Crippen molar-refractivity contribution >= 4 is 29.5 Å². The van der Waals surface area contributed by atoms with E-state index in [-0.39, 0.29) is 34.0 Å². The van der Waals surface area contributed by atoms with E-state index in [4.69, 9.17) is 27.9 Å². The standard InChI is InChI=1S/C15H14Cl2F3N3O3/c1-3-26-15(17,7-24)6-9-4-12(11(18)5-10(9)16)23-14(25)22(13(19)20)8(2)21-23/h4-5,7,13H,3,6H2,1-2H3. The van der Waals surface area contributed by atoms with Crippen molar-refractivity contribution in [3.8, 4) is 5.69 Å². The van der Waals surface area contributed by atoms with Gasteiger partial charge >= 0.3 is 12.2 Å². The minimum absolute atomic E-state index is 0.0732. The Labute approximate surface area is 156 Å². The summed E-state index contributed by atoms with van der Waals surface area (Å²) < 4.78 is 45.9. The number of aryl methyl sites for hydroxylation is 1. The largest absolute Gasteiger partial charge is 0.355 e. The summed E-state index contributed by atoms with van der Waals surface area (Å²) in [5.74, 6) is -1.25. The molecule has 26 heavy (non-hydrogen) atoms. The van der Waals surface area contributed by atoms with Crippen LogP contribution in [-0.4, -0.2) is 32.3 Å². The highest BCUT2D eigenvalue weighted by molar-refractivity contribution is 6.32. The number of ether oxygens (including phenoxy) is 1. The van der Waals surface area contributed by atoms with E-state index >= 15 is 0 Å². The Hall–Kier alpha value is -1.84. The van der Waals surface area contributed by atoms with E-state index in [1.807, 2.05) is 0 Å². The second-order valence-electron chi connectivity index (χ2n) is 5.30. The van der Waals surface area contributed by atoms with Gasteiger partial charge in [0.25, 0.3) is 0 Å². The van der Waals surface area contributed by atoms with Crippen molar-refractivity contribution in [3.05, 3.63) is 44.8 Å². The number of benzene rings is 1. The van der Waals surface area contributed by atoms with Gasteiger partial charge < -0.3 is 4.74 Å². The number of aldehydes is 1. The Morgan fingerprint density at radius 3 is 2.58 bits per heavy atom. The number of hydrogen-bond acceptors (Lipinski definition) is 4. The van der Waals surface area contributed by atoms with Crippen molar-refractivity contribution in [2.75, 3.05) is 6.61 Å². The average Bonchev–Trinajstić information content (AvgIpc) is 2.85. The normalized spacial score (nSPS) is 13.8. The van der Waals surface area contributed by atoms with Gasteiger partial charge in [0.05, 0.1) is 0 Å². The molecule has 2 aromatic rings. The number of hydrogen-bond donors (Lipinski definition) is 0. The molecule has 2 rings (SSSR count). The lowest BCUT2D eigenvalue weighted by atomic mass is 10.1. The molecule has 0 aliphatic heterocycles. The maximum Gasteiger partial charge on any atom is 0.355 e. The van der Waals surface area contributed by atoms with Crippen molar-refractivity contribution in [1.29, 1.82) is 0 Å². The summed E-state index contributed by atoms with van der Waals surface area (Å²) >= 11 is 12.0. The molecule has 0 aliphatic carbocycles. The summed E-state index contributed by atoms with van der Waals surface area (Å²) in [5, 5.41) is 1.84. The van der Waals surface area contributed by atoms with E-state index in [1.165, 1.54) is 6.92 Å². The van der Waals surface area contributed by atoms with Gasteiger partial charge in [0, 0.05) is 18.1 Å².